The molecule has 0 aromatic rings. The summed E-state index contributed by atoms with van der Waals surface area (Å²) in [6.07, 6.45) is -0.462. The first kappa shape index (κ1) is 23.8. The molecule has 6 nitrogen and oxygen atoms in total. The number of carbonyl (C=O) groups is 2. The summed E-state index contributed by atoms with van der Waals surface area (Å²) in [5, 5.41) is 2.07. The van der Waals surface area contributed by atoms with E-state index in [9.17, 15) is 9.59 Å². The van der Waals surface area contributed by atoms with Crippen LogP contribution in [0.4, 0.5) is 0 Å². The average molecular weight is 618 g/mol. The number of alkyl halides is 4. The fourth-order valence-corrected chi connectivity index (χ4v) is 5.41. The van der Waals surface area contributed by atoms with Gasteiger partial charge in [-0.05, 0) is 0 Å². The molecule has 1 aliphatic heterocycles. The van der Waals surface area contributed by atoms with Crippen LogP contribution in [0.15, 0.2) is 0 Å². The quantitative estimate of drug-likeness (QED) is 0.279. The molecule has 1 fully saturated rings. The molecule has 0 aromatic carbocycles. The molecule has 25 heavy (non-hydrogen) atoms. The van der Waals surface area contributed by atoms with E-state index < -0.39 is 6.10 Å². The number of hydrogen-bond donors (Lipinski definition) is 1. The van der Waals surface area contributed by atoms with Gasteiger partial charge in [0, 0.05) is 21.3 Å². The molecule has 1 aliphatic rings. The maximum absolute atomic E-state index is 12.3. The summed E-state index contributed by atoms with van der Waals surface area (Å²) in [6, 6.07) is 0. The Morgan fingerprint density at radius 2 is 1.44 bits per heavy atom. The highest BCUT2D eigenvalue weighted by Gasteiger charge is 2.28. The normalized spacial score (nSPS) is 16.9. The van der Waals surface area contributed by atoms with Crippen LogP contribution in [-0.4, -0.2) is 78.8 Å². The number of ether oxygens (including phenoxy) is 3. The number of hydrogen-bond acceptors (Lipinski definition) is 5. The van der Waals surface area contributed by atoms with Crippen LogP contribution in [-0.2, 0) is 23.8 Å². The molecule has 0 aliphatic carbocycles. The lowest BCUT2D eigenvalue weighted by molar-refractivity contribution is -0.910. The highest BCUT2D eigenvalue weighted by atomic mass is 79.9. The molecule has 1 saturated heterocycles. The van der Waals surface area contributed by atoms with E-state index in [0.29, 0.717) is 41.1 Å². The Hall–Kier alpha value is 0.780. The van der Waals surface area contributed by atoms with Crippen molar-refractivity contribution in [2.45, 2.75) is 6.10 Å². The first-order valence-corrected chi connectivity index (χ1v) is 12.6. The van der Waals surface area contributed by atoms with Gasteiger partial charge >= 0.3 is 11.9 Å². The monoisotopic (exact) mass is 614 g/mol. The molecule has 0 amide bonds. The number of esters is 2. The van der Waals surface area contributed by atoms with E-state index in [-0.39, 0.29) is 30.4 Å². The molecule has 0 radical (unpaired) electrons. The number of quaternary nitrogens is 1. The van der Waals surface area contributed by atoms with Crippen LogP contribution in [0.3, 0.4) is 0 Å². The number of carbonyl (C=O) groups excluding carboxylic acids is 2. The van der Waals surface area contributed by atoms with E-state index in [0.717, 1.165) is 13.1 Å². The predicted octanol–water partition coefficient (Wildman–Crippen LogP) is 1.17. The van der Waals surface area contributed by atoms with Gasteiger partial charge in [-0.25, -0.2) is 0 Å². The van der Waals surface area contributed by atoms with E-state index in [1.54, 1.807) is 0 Å². The van der Waals surface area contributed by atoms with E-state index in [2.05, 4.69) is 63.7 Å². The summed E-state index contributed by atoms with van der Waals surface area (Å²) >= 11 is 13.2. The van der Waals surface area contributed by atoms with Gasteiger partial charge in [-0.15, -0.1) is 0 Å². The van der Waals surface area contributed by atoms with Crippen LogP contribution in [0.1, 0.15) is 0 Å². The zero-order valence-corrected chi connectivity index (χ0v) is 20.2. The second kappa shape index (κ2) is 13.9. The summed E-state index contributed by atoms with van der Waals surface area (Å²) in [6.45, 7) is 3.77. The van der Waals surface area contributed by atoms with Crippen molar-refractivity contribution in [2.75, 3.05) is 60.8 Å². The lowest BCUT2D eigenvalue weighted by Crippen LogP contribution is -3.15. The molecule has 1 N–H and O–H groups in total. The molecule has 10 heteroatoms. The fourth-order valence-electron chi connectivity index (χ4n) is 2.21. The molecule has 0 bridgehead atoms. The minimum absolute atomic E-state index is 0.0721. The minimum atomic E-state index is -0.462. The summed E-state index contributed by atoms with van der Waals surface area (Å²) in [5.41, 5.74) is 0. The highest BCUT2D eigenvalue weighted by molar-refractivity contribution is 9.10. The van der Waals surface area contributed by atoms with Crippen LogP contribution >= 0.6 is 63.7 Å². The summed E-state index contributed by atoms with van der Waals surface area (Å²) in [5.74, 6) is -1.12. The van der Waals surface area contributed by atoms with E-state index in [1.807, 2.05) is 0 Å². The van der Waals surface area contributed by atoms with Gasteiger partial charge in [-0.2, -0.15) is 0 Å². The maximum Gasteiger partial charge on any atom is 0.311 e. The fraction of sp³-hybridized carbons (Fsp3) is 0.867. The molecular formula is C15H24Br4NO5+. The van der Waals surface area contributed by atoms with Gasteiger partial charge in [0.2, 0.25) is 0 Å². The van der Waals surface area contributed by atoms with Crippen LogP contribution in [0.25, 0.3) is 0 Å². The minimum Gasteiger partial charge on any atom is -0.461 e. The first-order valence-electron chi connectivity index (χ1n) is 8.07. The van der Waals surface area contributed by atoms with Gasteiger partial charge in [0.05, 0.1) is 25.0 Å². The Balaban J connectivity index is 2.62. The third-order valence-corrected chi connectivity index (χ3v) is 6.95. The van der Waals surface area contributed by atoms with E-state index >= 15 is 0 Å². The van der Waals surface area contributed by atoms with Crippen LogP contribution in [0.2, 0.25) is 0 Å². The van der Waals surface area contributed by atoms with Crippen molar-refractivity contribution in [3.63, 3.8) is 0 Å². The number of rotatable bonds is 11. The molecule has 1 heterocycles. The molecule has 0 spiro atoms. The van der Waals surface area contributed by atoms with Crippen molar-refractivity contribution in [3.05, 3.63) is 0 Å². The third kappa shape index (κ3) is 9.01. The molecule has 146 valence electrons. The van der Waals surface area contributed by atoms with Crippen molar-refractivity contribution < 1.29 is 28.7 Å². The topological polar surface area (TPSA) is 66.3 Å². The Labute approximate surface area is 182 Å². The van der Waals surface area contributed by atoms with Gasteiger partial charge in [0.15, 0.2) is 6.10 Å². The second-order valence-corrected chi connectivity index (χ2v) is 8.36. The van der Waals surface area contributed by atoms with E-state index in [4.69, 9.17) is 14.2 Å². The van der Waals surface area contributed by atoms with Crippen molar-refractivity contribution >= 4 is 75.7 Å². The van der Waals surface area contributed by atoms with Gasteiger partial charge in [0.1, 0.15) is 26.2 Å². The molecule has 1 rings (SSSR count). The van der Waals surface area contributed by atoms with Crippen LogP contribution in [0.5, 0.6) is 0 Å². The summed E-state index contributed by atoms with van der Waals surface area (Å²) in [7, 11) is 0. The zero-order chi connectivity index (χ0) is 18.7. The largest absolute Gasteiger partial charge is 0.461 e. The molecular weight excluding hydrogens is 594 g/mol. The van der Waals surface area contributed by atoms with Gasteiger partial charge in [-0.3, -0.25) is 9.59 Å². The highest BCUT2D eigenvalue weighted by Crippen LogP contribution is 2.11. The molecule has 1 unspecified atom stereocenters. The van der Waals surface area contributed by atoms with Gasteiger partial charge in [0.25, 0.3) is 0 Å². The summed E-state index contributed by atoms with van der Waals surface area (Å²) in [4.78, 5) is 25.6. The first-order chi connectivity index (χ1) is 12.0. The second-order valence-electron chi connectivity index (χ2n) is 5.77. The predicted molar refractivity (Wildman–Crippen MR) is 109 cm³/mol. The van der Waals surface area contributed by atoms with Crippen LogP contribution < -0.4 is 4.90 Å². The van der Waals surface area contributed by atoms with Gasteiger partial charge in [-0.1, -0.05) is 63.7 Å². The number of halogens is 4. The average Bonchev–Trinajstić information content (AvgIpc) is 2.62. The van der Waals surface area contributed by atoms with Crippen molar-refractivity contribution in [1.82, 2.24) is 0 Å². The molecule has 0 saturated carbocycles. The number of nitrogens with one attached hydrogen (secondary N) is 1. The summed E-state index contributed by atoms with van der Waals surface area (Å²) < 4.78 is 16.4. The SMILES string of the molecule is O=C(OCC(C[NH+]1CCOCC1)OC(=O)C(CBr)CBr)C(CBr)CBr. The number of morpholine rings is 1. The molecule has 0 aromatic heterocycles. The molecule has 1 atom stereocenters. The van der Waals surface area contributed by atoms with E-state index in [1.165, 1.54) is 4.90 Å². The zero-order valence-electron chi connectivity index (χ0n) is 13.9. The smallest absolute Gasteiger partial charge is 0.311 e. The Kier molecular flexibility index (Phi) is 13.2. The van der Waals surface area contributed by atoms with Crippen LogP contribution in [0, 0.1) is 11.8 Å². The van der Waals surface area contributed by atoms with Crippen molar-refractivity contribution in [2.24, 2.45) is 11.8 Å². The lowest BCUT2D eigenvalue weighted by Gasteiger charge is -2.28. The van der Waals surface area contributed by atoms with Gasteiger partial charge < -0.3 is 19.1 Å². The Morgan fingerprint density at radius 3 is 1.96 bits per heavy atom. The Morgan fingerprint density at radius 1 is 0.920 bits per heavy atom. The van der Waals surface area contributed by atoms with Crippen molar-refractivity contribution in [3.8, 4) is 0 Å². The lowest BCUT2D eigenvalue weighted by atomic mass is 10.2. The third-order valence-electron chi connectivity index (χ3n) is 3.82. The Bertz CT molecular complexity index is 401. The standard InChI is InChI=1S/C15H23Br4NO5/c16-5-11(6-17)14(21)24-10-13(9-20-1-3-23-4-2-20)25-15(22)12(7-18)8-19/h11-13H,1-10H2/p+1. The van der Waals surface area contributed by atoms with Crippen molar-refractivity contribution in [1.29, 1.82) is 0 Å². The maximum atomic E-state index is 12.3.